The molecule has 1 atom stereocenters. The Balaban J connectivity index is 4.46. The van der Waals surface area contributed by atoms with E-state index in [1.807, 2.05) is 0 Å². The summed E-state index contributed by atoms with van der Waals surface area (Å²) in [6, 6.07) is 0. The number of halogens is 1. The van der Waals surface area contributed by atoms with Crippen LogP contribution in [0.3, 0.4) is 0 Å². The normalized spacial score (nSPS) is 14.1. The molecule has 0 rings (SSSR count). The maximum atomic E-state index is 6.56. The molecule has 0 aromatic rings. The smallest absolute Gasteiger partial charge is 0.0790 e. The summed E-state index contributed by atoms with van der Waals surface area (Å²) < 4.78 is 0. The van der Waals surface area contributed by atoms with Crippen LogP contribution in [-0.4, -0.2) is 23.6 Å². The number of alkyl halides is 1. The summed E-state index contributed by atoms with van der Waals surface area (Å²) in [5, 5.41) is 0.442. The van der Waals surface area contributed by atoms with Gasteiger partial charge in [-0.3, -0.25) is 0 Å². The Labute approximate surface area is 109 Å². The summed E-state index contributed by atoms with van der Waals surface area (Å²) in [7, 11) is -0.852. The van der Waals surface area contributed by atoms with Crippen LogP contribution in [0.1, 0.15) is 66.2 Å². The van der Waals surface area contributed by atoms with E-state index in [-0.39, 0.29) is 0 Å². The Hall–Kier alpha value is 0.720. The molecule has 0 bridgehead atoms. The SMILES string of the molecule is CCCC[P+](CCCC)(CCCC)[C@@H](C)Cl. The molecule has 0 heterocycles. The van der Waals surface area contributed by atoms with E-state index in [4.69, 9.17) is 11.6 Å². The first-order valence-corrected chi connectivity index (χ1v) is 9.97. The molecule has 0 unspecified atom stereocenters. The third-order valence-corrected chi connectivity index (χ3v) is 10.00. The van der Waals surface area contributed by atoms with Crippen molar-refractivity contribution in [3.05, 3.63) is 0 Å². The maximum absolute atomic E-state index is 6.56. The minimum Gasteiger partial charge on any atom is -0.0790 e. The molecule has 0 aliphatic rings. The van der Waals surface area contributed by atoms with Gasteiger partial charge in [0.25, 0.3) is 0 Å². The van der Waals surface area contributed by atoms with Crippen molar-refractivity contribution in [2.45, 2.75) is 71.3 Å². The van der Waals surface area contributed by atoms with Crippen LogP contribution in [0, 0.1) is 0 Å². The van der Waals surface area contributed by atoms with E-state index >= 15 is 0 Å². The Bertz CT molecular complexity index is 135. The second kappa shape index (κ2) is 9.72. The van der Waals surface area contributed by atoms with E-state index in [0.717, 1.165) is 0 Å². The zero-order valence-electron chi connectivity index (χ0n) is 11.8. The van der Waals surface area contributed by atoms with Crippen molar-refractivity contribution in [1.82, 2.24) is 0 Å². The number of rotatable bonds is 10. The van der Waals surface area contributed by atoms with Crippen LogP contribution in [-0.2, 0) is 0 Å². The molecule has 0 N–H and O–H groups in total. The fraction of sp³-hybridized carbons (Fsp3) is 1.00. The summed E-state index contributed by atoms with van der Waals surface area (Å²) in [6.07, 6.45) is 12.4. The molecule has 0 aliphatic heterocycles. The fourth-order valence-corrected chi connectivity index (χ4v) is 7.74. The molecule has 16 heavy (non-hydrogen) atoms. The van der Waals surface area contributed by atoms with Crippen molar-refractivity contribution in [2.24, 2.45) is 0 Å². The summed E-state index contributed by atoms with van der Waals surface area (Å²) >= 11 is 6.56. The van der Waals surface area contributed by atoms with Crippen molar-refractivity contribution in [3.8, 4) is 0 Å². The Morgan fingerprint density at radius 2 is 1.12 bits per heavy atom. The van der Waals surface area contributed by atoms with E-state index in [9.17, 15) is 0 Å². The highest BCUT2D eigenvalue weighted by Gasteiger charge is 2.40. The van der Waals surface area contributed by atoms with Crippen LogP contribution >= 0.6 is 18.9 Å². The molecule has 0 nitrogen and oxygen atoms in total. The molecule has 0 spiro atoms. The first kappa shape index (κ1) is 16.7. The van der Waals surface area contributed by atoms with Crippen LogP contribution in [0.25, 0.3) is 0 Å². The molecular weight excluding hydrogens is 235 g/mol. The maximum Gasteiger partial charge on any atom is 0.139 e. The number of hydrogen-bond donors (Lipinski definition) is 0. The van der Waals surface area contributed by atoms with E-state index in [2.05, 4.69) is 27.7 Å². The zero-order chi connectivity index (χ0) is 12.4. The lowest BCUT2D eigenvalue weighted by Gasteiger charge is -2.30. The van der Waals surface area contributed by atoms with Crippen molar-refractivity contribution < 1.29 is 0 Å². The lowest BCUT2D eigenvalue weighted by molar-refractivity contribution is 0.831. The highest BCUT2D eigenvalue weighted by atomic mass is 35.5. The summed E-state index contributed by atoms with van der Waals surface area (Å²) in [5.74, 6) is 0. The van der Waals surface area contributed by atoms with Crippen LogP contribution in [0.5, 0.6) is 0 Å². The Morgan fingerprint density at radius 1 is 0.812 bits per heavy atom. The largest absolute Gasteiger partial charge is 0.139 e. The van der Waals surface area contributed by atoms with Gasteiger partial charge in [-0.1, -0.05) is 51.6 Å². The summed E-state index contributed by atoms with van der Waals surface area (Å²) in [4.78, 5) is 0. The molecular formula is C14H31ClP+. The second-order valence-corrected chi connectivity index (χ2v) is 10.5. The highest BCUT2D eigenvalue weighted by molar-refractivity contribution is 7.77. The van der Waals surface area contributed by atoms with Gasteiger partial charge in [-0.05, 0) is 26.2 Å². The monoisotopic (exact) mass is 265 g/mol. The van der Waals surface area contributed by atoms with Gasteiger partial charge in [0.2, 0.25) is 0 Å². The first-order valence-electron chi connectivity index (χ1n) is 7.12. The number of hydrogen-bond acceptors (Lipinski definition) is 0. The Kier molecular flexibility index (Phi) is 10.2. The lowest BCUT2D eigenvalue weighted by atomic mass is 10.4. The van der Waals surface area contributed by atoms with Crippen molar-refractivity contribution in [3.63, 3.8) is 0 Å². The van der Waals surface area contributed by atoms with Crippen molar-refractivity contribution in [1.29, 1.82) is 0 Å². The van der Waals surface area contributed by atoms with Gasteiger partial charge in [0, 0.05) is 7.26 Å². The van der Waals surface area contributed by atoms with E-state index < -0.39 is 7.26 Å². The summed E-state index contributed by atoms with van der Waals surface area (Å²) in [5.41, 5.74) is 0. The predicted molar refractivity (Wildman–Crippen MR) is 81.6 cm³/mol. The fourth-order valence-electron chi connectivity index (χ4n) is 2.29. The van der Waals surface area contributed by atoms with Gasteiger partial charge in [-0.25, -0.2) is 0 Å². The second-order valence-electron chi connectivity index (χ2n) is 5.02. The van der Waals surface area contributed by atoms with E-state index in [1.54, 1.807) is 0 Å². The van der Waals surface area contributed by atoms with Gasteiger partial charge in [-0.15, -0.1) is 0 Å². The zero-order valence-corrected chi connectivity index (χ0v) is 13.4. The first-order chi connectivity index (χ1) is 7.63. The topological polar surface area (TPSA) is 0 Å². The predicted octanol–water partition coefficient (Wildman–Crippen LogP) is 5.99. The lowest BCUT2D eigenvalue weighted by Crippen LogP contribution is -2.16. The molecule has 0 aliphatic carbocycles. The minimum atomic E-state index is -0.852. The highest BCUT2D eigenvalue weighted by Crippen LogP contribution is 2.65. The van der Waals surface area contributed by atoms with Crippen molar-refractivity contribution in [2.75, 3.05) is 18.5 Å². The molecule has 0 fully saturated rings. The molecule has 0 saturated carbocycles. The molecule has 2 heteroatoms. The third-order valence-electron chi connectivity index (χ3n) is 3.63. The molecule has 0 aromatic carbocycles. The summed E-state index contributed by atoms with van der Waals surface area (Å²) in [6.45, 7) is 9.16. The average molecular weight is 266 g/mol. The average Bonchev–Trinajstić information content (AvgIpc) is 2.28. The molecule has 0 amide bonds. The molecule has 98 valence electrons. The van der Waals surface area contributed by atoms with Gasteiger partial charge >= 0.3 is 0 Å². The van der Waals surface area contributed by atoms with Crippen LogP contribution in [0.15, 0.2) is 0 Å². The van der Waals surface area contributed by atoms with Crippen LogP contribution in [0.4, 0.5) is 0 Å². The van der Waals surface area contributed by atoms with Crippen molar-refractivity contribution >= 4 is 18.9 Å². The van der Waals surface area contributed by atoms with Gasteiger partial charge in [-0.2, -0.15) is 0 Å². The van der Waals surface area contributed by atoms with Crippen LogP contribution < -0.4 is 0 Å². The molecule has 0 saturated heterocycles. The molecule has 0 radical (unpaired) electrons. The van der Waals surface area contributed by atoms with Gasteiger partial charge in [0.05, 0.1) is 18.5 Å². The van der Waals surface area contributed by atoms with Gasteiger partial charge in [0.1, 0.15) is 5.12 Å². The van der Waals surface area contributed by atoms with Gasteiger partial charge < -0.3 is 0 Å². The van der Waals surface area contributed by atoms with E-state index in [1.165, 1.54) is 57.0 Å². The number of unbranched alkanes of at least 4 members (excludes halogenated alkanes) is 3. The molecule has 0 aromatic heterocycles. The van der Waals surface area contributed by atoms with Gasteiger partial charge in [0.15, 0.2) is 0 Å². The Morgan fingerprint density at radius 3 is 1.31 bits per heavy atom. The minimum absolute atomic E-state index is 0.442. The standard InChI is InChI=1S/C14H31ClP/c1-5-8-11-16(14(4)15,12-9-6-2)13-10-7-3/h14H,5-13H2,1-4H3/q+1/t14-/m0/s1. The van der Waals surface area contributed by atoms with Crippen LogP contribution in [0.2, 0.25) is 0 Å². The van der Waals surface area contributed by atoms with E-state index in [0.29, 0.717) is 5.12 Å². The third kappa shape index (κ3) is 5.87. The quantitative estimate of drug-likeness (QED) is 0.336.